The lowest BCUT2D eigenvalue weighted by Gasteiger charge is -2.61. The molecule has 5 aliphatic rings. The van der Waals surface area contributed by atoms with Crippen molar-refractivity contribution in [1.82, 2.24) is 34.8 Å². The average molecular weight is 464 g/mol. The maximum Gasteiger partial charge on any atom is 0.143 e. The van der Waals surface area contributed by atoms with Gasteiger partial charge in [0.05, 0.1) is 5.37 Å². The van der Waals surface area contributed by atoms with E-state index in [4.69, 9.17) is 0 Å². The third-order valence-electron chi connectivity index (χ3n) is 6.08. The summed E-state index contributed by atoms with van der Waals surface area (Å²) in [4.78, 5) is 0. The van der Waals surface area contributed by atoms with Gasteiger partial charge in [0.2, 0.25) is 0 Å². The first-order valence-electron chi connectivity index (χ1n) is 10.7. The summed E-state index contributed by atoms with van der Waals surface area (Å²) in [5, 5.41) is 12.3. The Morgan fingerprint density at radius 1 is 0.821 bits per heavy atom. The zero-order chi connectivity index (χ0) is 18.8. The largest absolute Gasteiger partial charge is 0.302 e. The van der Waals surface area contributed by atoms with Gasteiger partial charge in [0, 0.05) is 68.0 Å². The molecule has 28 heavy (non-hydrogen) atoms. The molecule has 0 aromatic carbocycles. The summed E-state index contributed by atoms with van der Waals surface area (Å²) in [7, 11) is 0. The van der Waals surface area contributed by atoms with Crippen LogP contribution in [0.25, 0.3) is 0 Å². The highest BCUT2D eigenvalue weighted by molar-refractivity contribution is 8.00. The molecule has 7 nitrogen and oxygen atoms in total. The number of nitrogens with one attached hydrogen (secondary N) is 2. The minimum Gasteiger partial charge on any atom is -0.302 e. The Kier molecular flexibility index (Phi) is 7.29. The maximum absolute atomic E-state index is 3.88. The molecule has 5 fully saturated rings. The molecule has 0 amide bonds. The second kappa shape index (κ2) is 9.72. The van der Waals surface area contributed by atoms with Crippen LogP contribution in [-0.2, 0) is 0 Å². The molecule has 0 aromatic rings. The van der Waals surface area contributed by atoms with E-state index in [0.29, 0.717) is 5.37 Å². The van der Waals surface area contributed by atoms with Crippen molar-refractivity contribution in [2.75, 3.05) is 68.0 Å². The zero-order valence-electron chi connectivity index (χ0n) is 16.6. The van der Waals surface area contributed by atoms with Gasteiger partial charge in [0.15, 0.2) is 0 Å². The van der Waals surface area contributed by atoms with E-state index >= 15 is 0 Å². The first kappa shape index (κ1) is 21.0. The van der Waals surface area contributed by atoms with E-state index in [-0.39, 0.29) is 5.66 Å². The van der Waals surface area contributed by atoms with Crippen molar-refractivity contribution < 1.29 is 0 Å². The quantitative estimate of drug-likeness (QED) is 0.599. The molecule has 0 spiro atoms. The fourth-order valence-electron chi connectivity index (χ4n) is 4.76. The minimum atomic E-state index is -0.0388. The third-order valence-corrected chi connectivity index (χ3v) is 10.5. The van der Waals surface area contributed by atoms with E-state index in [0.717, 1.165) is 39.3 Å². The van der Waals surface area contributed by atoms with Gasteiger partial charge >= 0.3 is 0 Å². The predicted octanol–water partition coefficient (Wildman–Crippen LogP) is 1.75. The van der Waals surface area contributed by atoms with E-state index in [9.17, 15) is 0 Å². The molecular weight excluding hydrogens is 431 g/mol. The summed E-state index contributed by atoms with van der Waals surface area (Å²) in [5.74, 6) is 6.10. The monoisotopic (exact) mass is 463 g/mol. The summed E-state index contributed by atoms with van der Waals surface area (Å²) < 4.78 is 5.11. The summed E-state index contributed by atoms with van der Waals surface area (Å²) in [5.41, 5.74) is 3.74. The Balaban J connectivity index is 1.52. The molecule has 2 unspecified atom stereocenters. The van der Waals surface area contributed by atoms with Gasteiger partial charge in [-0.3, -0.25) is 5.43 Å². The fraction of sp³-hybridized carbons (Fsp3) is 1.00. The molecule has 11 heteroatoms. The second-order valence-corrected chi connectivity index (χ2v) is 12.3. The first-order valence-corrected chi connectivity index (χ1v) is 14.8. The second-order valence-electron chi connectivity index (χ2n) is 7.80. The molecular formula is C17H33N7S4. The molecule has 5 saturated heterocycles. The smallest absolute Gasteiger partial charge is 0.143 e. The maximum atomic E-state index is 3.88. The fourth-order valence-corrected chi connectivity index (χ4v) is 9.33. The van der Waals surface area contributed by atoms with Gasteiger partial charge in [-0.1, -0.05) is 16.5 Å². The molecule has 0 saturated carbocycles. The van der Waals surface area contributed by atoms with E-state index < -0.39 is 0 Å². The molecule has 5 heterocycles. The van der Waals surface area contributed by atoms with Crippen molar-refractivity contribution in [2.45, 2.75) is 36.7 Å². The van der Waals surface area contributed by atoms with Crippen LogP contribution >= 0.6 is 47.4 Å². The van der Waals surface area contributed by atoms with Gasteiger partial charge in [0.25, 0.3) is 0 Å². The van der Waals surface area contributed by atoms with Crippen molar-refractivity contribution in [3.8, 4) is 0 Å². The molecule has 160 valence electrons. The summed E-state index contributed by atoms with van der Waals surface area (Å²) >= 11 is 8.26. The SMILES string of the molecule is C1CCN(N2SCCC(C3NCCS3)(N3CCCN3)N2N2CCSCC2)SC1. The molecule has 2 N–H and O–H groups in total. The number of hydrogen-bond donors (Lipinski definition) is 2. The van der Waals surface area contributed by atoms with Crippen LogP contribution in [0.1, 0.15) is 25.7 Å². The van der Waals surface area contributed by atoms with Crippen molar-refractivity contribution in [3.05, 3.63) is 0 Å². The Bertz CT molecular complexity index is 490. The van der Waals surface area contributed by atoms with Gasteiger partial charge in [-0.05, 0) is 37.6 Å². The third kappa shape index (κ3) is 3.99. The Morgan fingerprint density at radius 3 is 2.46 bits per heavy atom. The Hall–Kier alpha value is 1.12. The molecule has 0 aromatic heterocycles. The van der Waals surface area contributed by atoms with E-state index in [1.54, 1.807) is 0 Å². The number of hydrogen-bond acceptors (Lipinski definition) is 11. The number of hydrazine groups is 4. The molecule has 5 aliphatic heterocycles. The van der Waals surface area contributed by atoms with Crippen molar-refractivity contribution in [3.63, 3.8) is 0 Å². The van der Waals surface area contributed by atoms with E-state index in [2.05, 4.69) is 58.3 Å². The van der Waals surface area contributed by atoms with Gasteiger partial charge in [-0.2, -0.15) is 16.2 Å². The molecule has 0 bridgehead atoms. The molecule has 2 atom stereocenters. The molecule has 0 aliphatic carbocycles. The van der Waals surface area contributed by atoms with Crippen molar-refractivity contribution in [2.24, 2.45) is 0 Å². The predicted molar refractivity (Wildman–Crippen MR) is 124 cm³/mol. The highest BCUT2D eigenvalue weighted by atomic mass is 32.2. The van der Waals surface area contributed by atoms with Gasteiger partial charge in [-0.25, -0.2) is 10.0 Å². The van der Waals surface area contributed by atoms with Crippen LogP contribution < -0.4 is 10.7 Å². The molecule has 5 rings (SSSR count). The van der Waals surface area contributed by atoms with Gasteiger partial charge in [-0.15, -0.1) is 16.9 Å². The number of nitrogens with zero attached hydrogens (tertiary/aromatic N) is 5. The number of thioether (sulfide) groups is 2. The zero-order valence-corrected chi connectivity index (χ0v) is 19.8. The van der Waals surface area contributed by atoms with E-state index in [1.807, 2.05) is 23.9 Å². The molecule has 0 radical (unpaired) electrons. The van der Waals surface area contributed by atoms with Crippen LogP contribution in [0, 0.1) is 0 Å². The van der Waals surface area contributed by atoms with Gasteiger partial charge < -0.3 is 5.32 Å². The lowest BCUT2D eigenvalue weighted by molar-refractivity contribution is -0.298. The average Bonchev–Trinajstić information content (AvgIpc) is 3.49. The standard InChI is InChI=1S/C17H33N7S4/c1-2-11-27-22(8-1)24-23(20-9-14-25-15-10-20)17(4-12-28-24,16-18-6-13-26-16)21-7-3-5-19-21/h16,18-19H,1-15H2. The van der Waals surface area contributed by atoms with Crippen LogP contribution in [-0.4, -0.2) is 103 Å². The summed E-state index contributed by atoms with van der Waals surface area (Å²) in [6.45, 7) is 6.82. The Morgan fingerprint density at radius 2 is 1.75 bits per heavy atom. The Labute approximate surface area is 186 Å². The summed E-state index contributed by atoms with van der Waals surface area (Å²) in [6.07, 6.45) is 5.08. The van der Waals surface area contributed by atoms with Crippen LogP contribution in [0.4, 0.5) is 0 Å². The normalized spacial score (nSPS) is 38.4. The highest BCUT2D eigenvalue weighted by Gasteiger charge is 2.58. The van der Waals surface area contributed by atoms with Crippen LogP contribution in [0.15, 0.2) is 0 Å². The number of rotatable bonds is 4. The van der Waals surface area contributed by atoms with Crippen LogP contribution in [0.5, 0.6) is 0 Å². The van der Waals surface area contributed by atoms with Gasteiger partial charge in [0.1, 0.15) is 5.66 Å². The topological polar surface area (TPSA) is 40.3 Å². The van der Waals surface area contributed by atoms with Crippen molar-refractivity contribution >= 4 is 47.4 Å². The van der Waals surface area contributed by atoms with Crippen LogP contribution in [0.3, 0.4) is 0 Å². The van der Waals surface area contributed by atoms with Crippen LogP contribution in [0.2, 0.25) is 0 Å². The highest BCUT2D eigenvalue weighted by Crippen LogP contribution is 2.46. The van der Waals surface area contributed by atoms with Crippen molar-refractivity contribution in [1.29, 1.82) is 0 Å². The summed E-state index contributed by atoms with van der Waals surface area (Å²) in [6, 6.07) is 0. The minimum absolute atomic E-state index is 0.0388. The van der Waals surface area contributed by atoms with E-state index in [1.165, 1.54) is 54.4 Å². The lowest BCUT2D eigenvalue weighted by atomic mass is 10.1. The lowest BCUT2D eigenvalue weighted by Crippen LogP contribution is -2.79. The first-order chi connectivity index (χ1) is 13.9.